The summed E-state index contributed by atoms with van der Waals surface area (Å²) >= 11 is 0.921. The summed E-state index contributed by atoms with van der Waals surface area (Å²) in [6.07, 6.45) is 1.95. The van der Waals surface area contributed by atoms with Crippen molar-refractivity contribution in [3.05, 3.63) is 46.4 Å². The van der Waals surface area contributed by atoms with Gasteiger partial charge in [0, 0.05) is 32.1 Å². The summed E-state index contributed by atoms with van der Waals surface area (Å²) in [5.41, 5.74) is 3.11. The average molecular weight is 498 g/mol. The number of fused-ring (bicyclic) bond motifs is 1. The Hall–Kier alpha value is -3.77. The second-order valence-corrected chi connectivity index (χ2v) is 9.06. The Labute approximate surface area is 206 Å². The molecule has 184 valence electrons. The molecule has 0 spiro atoms. The van der Waals surface area contributed by atoms with Crippen LogP contribution in [0.3, 0.4) is 0 Å². The largest absolute Gasteiger partial charge is 0.504 e. The molecule has 1 aliphatic heterocycles. The number of carbonyl (C=O) groups excluding carboxylic acids is 1. The number of aryl methyl sites for hydroxylation is 2. The van der Waals surface area contributed by atoms with Crippen LogP contribution in [0.4, 0.5) is 16.5 Å². The molecule has 4 heterocycles. The summed E-state index contributed by atoms with van der Waals surface area (Å²) in [5, 5.41) is 35.6. The number of rotatable bonds is 7. The number of methoxy groups -OCH3 is 1. The molecular weight excluding hydrogens is 470 g/mol. The van der Waals surface area contributed by atoms with E-state index in [9.17, 15) is 15.0 Å². The van der Waals surface area contributed by atoms with Gasteiger partial charge in [0.15, 0.2) is 11.4 Å². The minimum absolute atomic E-state index is 0.0574. The Bertz CT molecular complexity index is 1290. The van der Waals surface area contributed by atoms with Crippen LogP contribution in [0.25, 0.3) is 0 Å². The van der Waals surface area contributed by atoms with Crippen LogP contribution in [0.15, 0.2) is 18.3 Å². The monoisotopic (exact) mass is 497 g/mol. The van der Waals surface area contributed by atoms with Crippen LogP contribution in [0.2, 0.25) is 0 Å². The molecule has 11 nitrogen and oxygen atoms in total. The van der Waals surface area contributed by atoms with Crippen LogP contribution in [-0.2, 0) is 11.2 Å². The average Bonchev–Trinajstić information content (AvgIpc) is 3.41. The minimum Gasteiger partial charge on any atom is -0.504 e. The van der Waals surface area contributed by atoms with Gasteiger partial charge in [0.25, 0.3) is 5.91 Å². The molecule has 1 atom stereocenters. The number of hydrogen-bond donors (Lipinski definition) is 5. The normalized spacial score (nSPS) is 13.4. The number of anilines is 3. The van der Waals surface area contributed by atoms with Gasteiger partial charge in [0.1, 0.15) is 22.2 Å². The Morgan fingerprint density at radius 1 is 1.37 bits per heavy atom. The van der Waals surface area contributed by atoms with Crippen LogP contribution in [0.1, 0.15) is 39.8 Å². The van der Waals surface area contributed by atoms with Gasteiger partial charge in [-0.2, -0.15) is 4.37 Å². The highest BCUT2D eigenvalue weighted by Gasteiger charge is 2.31. The molecule has 0 fully saturated rings. The molecule has 12 heteroatoms. The number of pyridine rings is 2. The number of ether oxygens (including phenoxy) is 1. The topological polar surface area (TPSA) is 157 Å². The first-order chi connectivity index (χ1) is 16.7. The Morgan fingerprint density at radius 3 is 2.89 bits per heavy atom. The zero-order valence-corrected chi connectivity index (χ0v) is 20.7. The van der Waals surface area contributed by atoms with Gasteiger partial charge in [-0.3, -0.25) is 15.1 Å². The number of hydrogen-bond acceptors (Lipinski definition) is 10. The van der Waals surface area contributed by atoms with E-state index >= 15 is 0 Å². The highest BCUT2D eigenvalue weighted by Crippen LogP contribution is 2.37. The van der Waals surface area contributed by atoms with E-state index in [1.54, 1.807) is 7.11 Å². The second-order valence-electron chi connectivity index (χ2n) is 8.28. The lowest BCUT2D eigenvalue weighted by molar-refractivity contribution is 0.0981. The van der Waals surface area contributed by atoms with Gasteiger partial charge in [-0.25, -0.2) is 9.97 Å². The van der Waals surface area contributed by atoms with Crippen molar-refractivity contribution in [2.24, 2.45) is 0 Å². The first-order valence-electron chi connectivity index (χ1n) is 11.0. The molecule has 4 rings (SSSR count). The third kappa shape index (κ3) is 4.75. The summed E-state index contributed by atoms with van der Waals surface area (Å²) < 4.78 is 9.09. The van der Waals surface area contributed by atoms with E-state index in [-0.39, 0.29) is 40.5 Å². The van der Waals surface area contributed by atoms with Crippen LogP contribution in [-0.4, -0.2) is 62.6 Å². The number of aromatic nitrogens is 3. The maximum Gasteiger partial charge on any atom is 0.281 e. The van der Waals surface area contributed by atoms with E-state index in [1.165, 1.54) is 17.2 Å². The molecule has 1 amide bonds. The highest BCUT2D eigenvalue weighted by molar-refractivity contribution is 7.11. The van der Waals surface area contributed by atoms with Gasteiger partial charge >= 0.3 is 0 Å². The third-order valence-electron chi connectivity index (χ3n) is 5.81. The van der Waals surface area contributed by atoms with Crippen LogP contribution < -0.4 is 15.5 Å². The summed E-state index contributed by atoms with van der Waals surface area (Å²) in [6.45, 7) is 6.51. The lowest BCUT2D eigenvalue weighted by Crippen LogP contribution is -2.31. The quantitative estimate of drug-likeness (QED) is 0.245. The zero-order valence-electron chi connectivity index (χ0n) is 19.8. The van der Waals surface area contributed by atoms with E-state index in [0.29, 0.717) is 30.3 Å². The van der Waals surface area contributed by atoms with Gasteiger partial charge in [0.2, 0.25) is 5.88 Å². The van der Waals surface area contributed by atoms with Crippen molar-refractivity contribution in [1.29, 1.82) is 5.41 Å². The van der Waals surface area contributed by atoms with Crippen molar-refractivity contribution in [2.75, 3.05) is 30.4 Å². The molecule has 0 aromatic carbocycles. The fourth-order valence-electron chi connectivity index (χ4n) is 3.87. The molecule has 0 bridgehead atoms. The highest BCUT2D eigenvalue weighted by atomic mass is 32.1. The van der Waals surface area contributed by atoms with E-state index in [0.717, 1.165) is 28.4 Å². The maximum atomic E-state index is 13.3. The Kier molecular flexibility index (Phi) is 6.85. The molecule has 3 aromatic heterocycles. The summed E-state index contributed by atoms with van der Waals surface area (Å²) in [4.78, 5) is 23.5. The predicted molar refractivity (Wildman–Crippen MR) is 133 cm³/mol. The fraction of sp³-hybridized carbons (Fsp3) is 0.348. The smallest absolute Gasteiger partial charge is 0.281 e. The zero-order chi connectivity index (χ0) is 25.3. The molecular formula is C23H27N7O4S. The second kappa shape index (κ2) is 9.84. The summed E-state index contributed by atoms with van der Waals surface area (Å²) in [6, 6.07) is 3.48. The van der Waals surface area contributed by atoms with Gasteiger partial charge in [-0.05, 0) is 62.0 Å². The van der Waals surface area contributed by atoms with Crippen molar-refractivity contribution in [1.82, 2.24) is 19.7 Å². The molecule has 1 aliphatic rings. The van der Waals surface area contributed by atoms with Crippen LogP contribution >= 0.6 is 11.5 Å². The van der Waals surface area contributed by atoms with Gasteiger partial charge in [-0.1, -0.05) is 0 Å². The van der Waals surface area contributed by atoms with Crippen molar-refractivity contribution in [3.63, 3.8) is 0 Å². The predicted octanol–water partition coefficient (Wildman–Crippen LogP) is 2.86. The SMILES string of the molecule is COC(C)CNC(=N)c1c(O)nsc1Nc1ccnc(C(=O)N2CCc3c(C)cc(C)nc32)c1O. The van der Waals surface area contributed by atoms with Crippen molar-refractivity contribution >= 4 is 39.8 Å². The molecule has 0 radical (unpaired) electrons. The first kappa shape index (κ1) is 24.4. The molecule has 3 aromatic rings. The fourth-order valence-corrected chi connectivity index (χ4v) is 4.58. The molecule has 0 saturated carbocycles. The number of nitrogens with zero attached hydrogens (tertiary/aromatic N) is 4. The first-order valence-corrected chi connectivity index (χ1v) is 11.8. The number of carbonyl (C=O) groups is 1. The summed E-state index contributed by atoms with van der Waals surface area (Å²) in [5.74, 6) is -0.598. The van der Waals surface area contributed by atoms with Crippen LogP contribution in [0, 0.1) is 19.3 Å². The number of nitrogens with one attached hydrogen (secondary N) is 3. The van der Waals surface area contributed by atoms with Gasteiger partial charge in [0.05, 0.1) is 11.8 Å². The molecule has 1 unspecified atom stereocenters. The lowest BCUT2D eigenvalue weighted by Gasteiger charge is -2.18. The third-order valence-corrected chi connectivity index (χ3v) is 6.56. The van der Waals surface area contributed by atoms with Crippen molar-refractivity contribution in [3.8, 4) is 11.6 Å². The van der Waals surface area contributed by atoms with E-state index < -0.39 is 5.91 Å². The van der Waals surface area contributed by atoms with E-state index in [1.807, 2.05) is 26.8 Å². The van der Waals surface area contributed by atoms with Gasteiger partial charge < -0.3 is 25.6 Å². The van der Waals surface area contributed by atoms with Gasteiger partial charge in [-0.15, -0.1) is 0 Å². The van der Waals surface area contributed by atoms with Crippen molar-refractivity contribution < 1.29 is 19.7 Å². The lowest BCUT2D eigenvalue weighted by atomic mass is 10.1. The minimum atomic E-state index is -0.460. The Balaban J connectivity index is 1.60. The maximum absolute atomic E-state index is 13.3. The molecule has 0 saturated heterocycles. The molecule has 5 N–H and O–H groups in total. The standard InChI is InChI=1S/C23H27N7O4S/c1-11-9-12(2)27-20-14(11)6-8-30(20)23(33)17-18(31)15(5-7-25-17)28-22-16(21(32)29-35-22)19(24)26-10-13(3)34-4/h5,7,9,13,31H,6,8,10H2,1-4H3,(H2,24,26)(H,25,28)(H,29,32). The molecule has 0 aliphatic carbocycles. The van der Waals surface area contributed by atoms with Crippen molar-refractivity contribution in [2.45, 2.75) is 33.3 Å². The van der Waals surface area contributed by atoms with E-state index in [2.05, 4.69) is 25.0 Å². The van der Waals surface area contributed by atoms with Crippen LogP contribution in [0.5, 0.6) is 11.6 Å². The number of amides is 1. The number of amidine groups is 1. The number of aromatic hydroxyl groups is 2. The summed E-state index contributed by atoms with van der Waals surface area (Å²) in [7, 11) is 1.57. The molecule has 35 heavy (non-hydrogen) atoms. The Morgan fingerprint density at radius 2 is 2.14 bits per heavy atom. The van der Waals surface area contributed by atoms with E-state index in [4.69, 9.17) is 10.1 Å².